The largest absolute Gasteiger partial charge is 0.363 e. The van der Waals surface area contributed by atoms with Crippen molar-refractivity contribution in [3.05, 3.63) is 59.7 Å². The van der Waals surface area contributed by atoms with Crippen molar-refractivity contribution in [2.24, 2.45) is 23.1 Å². The molecule has 2 aromatic rings. The van der Waals surface area contributed by atoms with E-state index in [1.807, 2.05) is 26.0 Å². The number of primary amides is 1. The molecule has 314 valence electrons. The van der Waals surface area contributed by atoms with E-state index in [4.69, 9.17) is 17.2 Å². The summed E-state index contributed by atoms with van der Waals surface area (Å²) < 4.78 is 0. The van der Waals surface area contributed by atoms with Crippen LogP contribution in [0.3, 0.4) is 0 Å². The minimum Gasteiger partial charge on any atom is -0.363 e. The fraction of sp³-hybridized carbons (Fsp3) is 0.548. The van der Waals surface area contributed by atoms with Crippen molar-refractivity contribution in [3.63, 3.8) is 0 Å². The number of aryl methyl sites for hydroxylation is 1. The normalized spacial score (nSPS) is 13.7. The van der Waals surface area contributed by atoms with Crippen molar-refractivity contribution >= 4 is 41.2 Å². The SMILES string of the molecule is CCCCc1ccc(-c2ccc(C(=O)N[C@@H](CCCCN)C(=O)NC(CCCCN)C(=O)N[C@@H](C)C(=O)NC(CC(C)C)C(=O)N[C@@H](C)C(=O)C(N)=O)cc2)cc1. The van der Waals surface area contributed by atoms with Crippen LogP contribution in [0.4, 0.5) is 0 Å². The number of Topliss-reactive ketones (excluding diaryl/α,β-unsaturated/α-hetero) is 1. The maximum Gasteiger partial charge on any atom is 0.287 e. The minimum atomic E-state index is -1.20. The predicted octanol–water partition coefficient (Wildman–Crippen LogP) is 2.13. The van der Waals surface area contributed by atoms with E-state index < -0.39 is 71.4 Å². The molecule has 15 heteroatoms. The van der Waals surface area contributed by atoms with E-state index in [1.54, 1.807) is 12.1 Å². The summed E-state index contributed by atoms with van der Waals surface area (Å²) in [7, 11) is 0. The number of ketones is 1. The number of carbonyl (C=O) groups excluding carboxylic acids is 7. The first-order valence-corrected chi connectivity index (χ1v) is 20.1. The molecule has 0 aliphatic carbocycles. The van der Waals surface area contributed by atoms with Gasteiger partial charge in [-0.25, -0.2) is 0 Å². The van der Waals surface area contributed by atoms with Crippen LogP contribution in [0.5, 0.6) is 0 Å². The first kappa shape index (κ1) is 48.0. The Balaban J connectivity index is 2.17. The number of nitrogens with two attached hydrogens (primary N) is 3. The summed E-state index contributed by atoms with van der Waals surface area (Å²) in [6, 6.07) is 10.00. The molecule has 2 aromatic carbocycles. The smallest absolute Gasteiger partial charge is 0.287 e. The summed E-state index contributed by atoms with van der Waals surface area (Å²) in [6.45, 7) is 9.33. The zero-order chi connectivity index (χ0) is 42.5. The van der Waals surface area contributed by atoms with Gasteiger partial charge in [-0.2, -0.15) is 0 Å². The van der Waals surface area contributed by atoms with Crippen molar-refractivity contribution < 1.29 is 33.6 Å². The molecular weight excluding hydrogens is 729 g/mol. The third-order valence-corrected chi connectivity index (χ3v) is 9.49. The third-order valence-electron chi connectivity index (χ3n) is 9.49. The van der Waals surface area contributed by atoms with Crippen LogP contribution >= 0.6 is 0 Å². The Labute approximate surface area is 336 Å². The lowest BCUT2D eigenvalue weighted by atomic mass is 10.0. The number of benzene rings is 2. The number of amides is 6. The first-order chi connectivity index (χ1) is 27.1. The molecular formula is C42H64N8O7. The highest BCUT2D eigenvalue weighted by molar-refractivity contribution is 6.37. The van der Waals surface area contributed by atoms with Gasteiger partial charge in [-0.3, -0.25) is 33.6 Å². The van der Waals surface area contributed by atoms with E-state index in [9.17, 15) is 33.6 Å². The molecule has 2 rings (SSSR count). The molecule has 2 unspecified atom stereocenters. The summed E-state index contributed by atoms with van der Waals surface area (Å²) in [6.07, 6.45) is 6.20. The van der Waals surface area contributed by atoms with Crippen LogP contribution in [0.2, 0.25) is 0 Å². The lowest BCUT2D eigenvalue weighted by molar-refractivity contribution is -0.138. The van der Waals surface area contributed by atoms with E-state index >= 15 is 0 Å². The van der Waals surface area contributed by atoms with Crippen LogP contribution in [0.25, 0.3) is 11.1 Å². The molecule has 0 saturated carbocycles. The van der Waals surface area contributed by atoms with Gasteiger partial charge in [0.1, 0.15) is 24.2 Å². The first-order valence-electron chi connectivity index (χ1n) is 20.1. The highest BCUT2D eigenvalue weighted by Crippen LogP contribution is 2.21. The molecule has 11 N–H and O–H groups in total. The van der Waals surface area contributed by atoms with Crippen LogP contribution < -0.4 is 43.8 Å². The zero-order valence-corrected chi connectivity index (χ0v) is 34.2. The van der Waals surface area contributed by atoms with Gasteiger partial charge in [0.05, 0.1) is 6.04 Å². The van der Waals surface area contributed by atoms with Gasteiger partial charge in [0.15, 0.2) is 0 Å². The Morgan fingerprint density at radius 2 is 1.04 bits per heavy atom. The van der Waals surface area contributed by atoms with E-state index in [1.165, 1.54) is 19.4 Å². The second-order valence-corrected chi connectivity index (χ2v) is 14.9. The van der Waals surface area contributed by atoms with Crippen LogP contribution in [-0.4, -0.2) is 84.5 Å². The lowest BCUT2D eigenvalue weighted by Crippen LogP contribution is -2.58. The Hall–Kier alpha value is -5.15. The van der Waals surface area contributed by atoms with Gasteiger partial charge in [0.2, 0.25) is 29.4 Å². The van der Waals surface area contributed by atoms with Gasteiger partial charge in [-0.05, 0) is 119 Å². The summed E-state index contributed by atoms with van der Waals surface area (Å²) >= 11 is 0. The van der Waals surface area contributed by atoms with Gasteiger partial charge in [0.25, 0.3) is 11.8 Å². The summed E-state index contributed by atoms with van der Waals surface area (Å²) in [5.41, 5.74) is 20.1. The molecule has 0 aromatic heterocycles. The Kier molecular flexibility index (Phi) is 21.2. The predicted molar refractivity (Wildman–Crippen MR) is 220 cm³/mol. The van der Waals surface area contributed by atoms with Crippen LogP contribution in [-0.2, 0) is 35.2 Å². The number of rotatable bonds is 26. The fourth-order valence-corrected chi connectivity index (χ4v) is 6.07. The van der Waals surface area contributed by atoms with Crippen LogP contribution in [0.15, 0.2) is 48.5 Å². The maximum absolute atomic E-state index is 13.8. The summed E-state index contributed by atoms with van der Waals surface area (Å²) in [5.74, 6) is -5.30. The average Bonchev–Trinajstić information content (AvgIpc) is 3.18. The maximum atomic E-state index is 13.8. The highest BCUT2D eigenvalue weighted by Gasteiger charge is 2.31. The third kappa shape index (κ3) is 16.9. The molecule has 15 nitrogen and oxygen atoms in total. The molecule has 0 radical (unpaired) electrons. The molecule has 0 saturated heterocycles. The van der Waals surface area contributed by atoms with Crippen molar-refractivity contribution in [3.8, 4) is 11.1 Å². The summed E-state index contributed by atoms with van der Waals surface area (Å²) in [4.78, 5) is 90.3. The van der Waals surface area contributed by atoms with E-state index in [-0.39, 0.29) is 25.2 Å². The quantitative estimate of drug-likeness (QED) is 0.0512. The molecule has 6 amide bonds. The van der Waals surface area contributed by atoms with Crippen molar-refractivity contribution in [1.82, 2.24) is 26.6 Å². The topological polar surface area (TPSA) is 258 Å². The van der Waals surface area contributed by atoms with Crippen molar-refractivity contribution in [1.29, 1.82) is 0 Å². The number of hydrogen-bond donors (Lipinski definition) is 8. The molecule has 0 fully saturated rings. The molecule has 0 bridgehead atoms. The van der Waals surface area contributed by atoms with E-state index in [0.29, 0.717) is 44.3 Å². The monoisotopic (exact) mass is 792 g/mol. The highest BCUT2D eigenvalue weighted by atomic mass is 16.2. The van der Waals surface area contributed by atoms with E-state index in [2.05, 4.69) is 57.8 Å². The van der Waals surface area contributed by atoms with Gasteiger partial charge < -0.3 is 43.8 Å². The Morgan fingerprint density at radius 3 is 1.54 bits per heavy atom. The molecule has 0 spiro atoms. The molecule has 0 aliphatic heterocycles. The second kappa shape index (κ2) is 25.2. The zero-order valence-electron chi connectivity index (χ0n) is 34.2. The summed E-state index contributed by atoms with van der Waals surface area (Å²) in [5, 5.41) is 13.2. The van der Waals surface area contributed by atoms with Crippen molar-refractivity contribution in [2.45, 2.75) is 129 Å². The molecule has 57 heavy (non-hydrogen) atoms. The number of hydrogen-bond acceptors (Lipinski definition) is 9. The van der Waals surface area contributed by atoms with Crippen LogP contribution in [0.1, 0.15) is 108 Å². The molecule has 0 aliphatic rings. The van der Waals surface area contributed by atoms with E-state index in [0.717, 1.165) is 30.4 Å². The second-order valence-electron chi connectivity index (χ2n) is 14.9. The Bertz CT molecular complexity index is 1630. The van der Waals surface area contributed by atoms with Crippen LogP contribution in [0, 0.1) is 5.92 Å². The molecule has 0 heterocycles. The van der Waals surface area contributed by atoms with Gasteiger partial charge in [0, 0.05) is 5.56 Å². The van der Waals surface area contributed by atoms with Gasteiger partial charge >= 0.3 is 0 Å². The van der Waals surface area contributed by atoms with Gasteiger partial charge in [-0.15, -0.1) is 0 Å². The Morgan fingerprint density at radius 1 is 0.561 bits per heavy atom. The number of nitrogens with one attached hydrogen (secondary N) is 5. The average molecular weight is 793 g/mol. The lowest BCUT2D eigenvalue weighted by Gasteiger charge is -2.26. The minimum absolute atomic E-state index is 0.0501. The number of unbranched alkanes of at least 4 members (excludes halogenated alkanes) is 3. The van der Waals surface area contributed by atoms with Crippen molar-refractivity contribution in [2.75, 3.05) is 13.1 Å². The van der Waals surface area contributed by atoms with Gasteiger partial charge in [-0.1, -0.05) is 63.6 Å². The molecule has 5 atom stereocenters. The number of carbonyl (C=O) groups is 7. The standard InChI is InChI=1S/C42H64N8O7/c1-6-7-12-29-15-17-30(18-16-29)31-19-21-32(22-20-31)39(54)48-34(14-9-11-24-44)41(56)49-33(13-8-10-23-43)40(55)47-28(5)38(53)50-35(25-26(2)3)42(57)46-27(4)36(51)37(45)52/h15-22,26-28,33-35H,6-14,23-25,43-44H2,1-5H3,(H2,45,52)(H,46,57)(H,47,55)(H,48,54)(H,49,56)(H,50,53)/t27-,28-,33?,34-,35?/m0/s1. The fourth-order valence-electron chi connectivity index (χ4n) is 6.07.